The zero-order valence-corrected chi connectivity index (χ0v) is 11.9. The average molecular weight is 265 g/mol. The van der Waals surface area contributed by atoms with Gasteiger partial charge in [0.05, 0.1) is 6.04 Å². The maximum Gasteiger partial charge on any atom is 0.184 e. The minimum Gasteiger partial charge on any atom is -0.303 e. The van der Waals surface area contributed by atoms with Crippen LogP contribution in [0, 0.1) is 13.8 Å². The summed E-state index contributed by atoms with van der Waals surface area (Å²) >= 11 is 0. The Labute approximate surface area is 119 Å². The molecule has 3 rings (SSSR count). The fourth-order valence-electron chi connectivity index (χ4n) is 2.80. The van der Waals surface area contributed by atoms with Crippen molar-refractivity contribution in [3.05, 3.63) is 70.3 Å². The van der Waals surface area contributed by atoms with Gasteiger partial charge in [0.2, 0.25) is 0 Å². The Morgan fingerprint density at radius 1 is 1.10 bits per heavy atom. The van der Waals surface area contributed by atoms with Crippen molar-refractivity contribution in [1.82, 2.24) is 5.32 Å². The summed E-state index contributed by atoms with van der Waals surface area (Å²) < 4.78 is 0. The first-order valence-corrected chi connectivity index (χ1v) is 7.09. The highest BCUT2D eigenvalue weighted by Gasteiger charge is 2.26. The molecule has 1 aliphatic rings. The molecule has 0 fully saturated rings. The lowest BCUT2D eigenvalue weighted by atomic mass is 9.89. The monoisotopic (exact) mass is 265 g/mol. The van der Waals surface area contributed by atoms with Crippen LogP contribution in [-0.2, 0) is 6.42 Å². The number of rotatable bonds is 2. The molecule has 0 aromatic heterocycles. The maximum atomic E-state index is 12.8. The number of hydrogen-bond acceptors (Lipinski definition) is 2. The Kier molecular flexibility index (Phi) is 3.41. The average Bonchev–Trinajstić information content (AvgIpc) is 2.49. The molecule has 2 heteroatoms. The van der Waals surface area contributed by atoms with Crippen molar-refractivity contribution < 1.29 is 4.79 Å². The fraction of sp³-hybridized carbons (Fsp3) is 0.278. The highest BCUT2D eigenvalue weighted by atomic mass is 16.1. The van der Waals surface area contributed by atoms with E-state index in [0.717, 1.165) is 24.1 Å². The van der Waals surface area contributed by atoms with Gasteiger partial charge in [0.1, 0.15) is 0 Å². The molecule has 1 atom stereocenters. The third-order valence-electron chi connectivity index (χ3n) is 4.16. The van der Waals surface area contributed by atoms with Crippen molar-refractivity contribution in [3.8, 4) is 0 Å². The number of carbonyl (C=O) groups is 1. The van der Waals surface area contributed by atoms with E-state index >= 15 is 0 Å². The molecule has 0 spiro atoms. The summed E-state index contributed by atoms with van der Waals surface area (Å²) in [6.07, 6.45) is 0.993. The number of benzene rings is 2. The van der Waals surface area contributed by atoms with Crippen LogP contribution in [0.5, 0.6) is 0 Å². The summed E-state index contributed by atoms with van der Waals surface area (Å²) in [6.45, 7) is 4.98. The first kappa shape index (κ1) is 13.1. The zero-order valence-electron chi connectivity index (χ0n) is 11.9. The number of hydrogen-bond donors (Lipinski definition) is 1. The van der Waals surface area contributed by atoms with Crippen LogP contribution in [0.15, 0.2) is 42.5 Å². The molecule has 1 N–H and O–H groups in total. The Balaban J connectivity index is 1.97. The van der Waals surface area contributed by atoms with Gasteiger partial charge in [-0.25, -0.2) is 0 Å². The van der Waals surface area contributed by atoms with E-state index in [0.29, 0.717) is 0 Å². The molecule has 2 nitrogen and oxygen atoms in total. The lowest BCUT2D eigenvalue weighted by Crippen LogP contribution is -2.35. The summed E-state index contributed by atoms with van der Waals surface area (Å²) in [5.74, 6) is 0.167. The summed E-state index contributed by atoms with van der Waals surface area (Å²) in [5.41, 5.74) is 5.59. The van der Waals surface area contributed by atoms with E-state index in [2.05, 4.69) is 24.4 Å². The van der Waals surface area contributed by atoms with Gasteiger partial charge in [-0.05, 0) is 48.6 Å². The third-order valence-corrected chi connectivity index (χ3v) is 4.16. The largest absolute Gasteiger partial charge is 0.303 e. The van der Waals surface area contributed by atoms with Gasteiger partial charge in [0, 0.05) is 12.1 Å². The van der Waals surface area contributed by atoms with Gasteiger partial charge in [-0.15, -0.1) is 0 Å². The molecule has 0 saturated heterocycles. The second kappa shape index (κ2) is 5.22. The van der Waals surface area contributed by atoms with E-state index in [9.17, 15) is 4.79 Å². The van der Waals surface area contributed by atoms with Crippen LogP contribution in [0.1, 0.15) is 38.7 Å². The molecule has 1 unspecified atom stereocenters. The Morgan fingerprint density at radius 3 is 2.70 bits per heavy atom. The molecule has 1 heterocycles. The van der Waals surface area contributed by atoms with Crippen molar-refractivity contribution >= 4 is 5.78 Å². The summed E-state index contributed by atoms with van der Waals surface area (Å²) in [6, 6.07) is 14.0. The molecule has 0 radical (unpaired) electrons. The molecule has 0 aliphatic carbocycles. The second-order valence-electron chi connectivity index (χ2n) is 5.50. The molecular weight excluding hydrogens is 246 g/mol. The van der Waals surface area contributed by atoms with Crippen LogP contribution >= 0.6 is 0 Å². The summed E-state index contributed by atoms with van der Waals surface area (Å²) in [4.78, 5) is 12.8. The van der Waals surface area contributed by atoms with Crippen molar-refractivity contribution in [2.45, 2.75) is 26.3 Å². The van der Waals surface area contributed by atoms with E-state index < -0.39 is 0 Å². The van der Waals surface area contributed by atoms with E-state index in [1.165, 1.54) is 16.7 Å². The van der Waals surface area contributed by atoms with Crippen molar-refractivity contribution in [2.75, 3.05) is 6.54 Å². The lowest BCUT2D eigenvalue weighted by Gasteiger charge is -2.26. The second-order valence-corrected chi connectivity index (χ2v) is 5.50. The van der Waals surface area contributed by atoms with Gasteiger partial charge in [-0.1, -0.05) is 36.4 Å². The molecule has 2 aromatic rings. The first-order valence-electron chi connectivity index (χ1n) is 7.09. The number of ketones is 1. The van der Waals surface area contributed by atoms with Crippen LogP contribution in [-0.4, -0.2) is 12.3 Å². The maximum absolute atomic E-state index is 12.8. The van der Waals surface area contributed by atoms with Crippen LogP contribution in [0.4, 0.5) is 0 Å². The molecule has 102 valence electrons. The highest BCUT2D eigenvalue weighted by Crippen LogP contribution is 2.26. The number of fused-ring (bicyclic) bond motifs is 1. The van der Waals surface area contributed by atoms with Crippen molar-refractivity contribution in [3.63, 3.8) is 0 Å². The lowest BCUT2D eigenvalue weighted by molar-refractivity contribution is 0.0939. The molecule has 2 aromatic carbocycles. The van der Waals surface area contributed by atoms with Gasteiger partial charge >= 0.3 is 0 Å². The summed E-state index contributed by atoms with van der Waals surface area (Å²) in [5, 5.41) is 3.36. The van der Waals surface area contributed by atoms with Crippen LogP contribution in [0.3, 0.4) is 0 Å². The Hall–Kier alpha value is -1.93. The van der Waals surface area contributed by atoms with E-state index in [-0.39, 0.29) is 11.8 Å². The molecule has 0 bridgehead atoms. The van der Waals surface area contributed by atoms with Crippen molar-refractivity contribution in [1.29, 1.82) is 0 Å². The van der Waals surface area contributed by atoms with Crippen LogP contribution in [0.25, 0.3) is 0 Å². The topological polar surface area (TPSA) is 29.1 Å². The van der Waals surface area contributed by atoms with Crippen LogP contribution in [0.2, 0.25) is 0 Å². The number of aryl methyl sites for hydroxylation is 2. The minimum absolute atomic E-state index is 0.167. The SMILES string of the molecule is Cc1ccc(C(=O)C2NCCc3ccccc32)cc1C. The van der Waals surface area contributed by atoms with Gasteiger partial charge in [0.15, 0.2) is 5.78 Å². The molecule has 20 heavy (non-hydrogen) atoms. The Bertz CT molecular complexity index is 660. The van der Waals surface area contributed by atoms with E-state index in [1.54, 1.807) is 0 Å². The van der Waals surface area contributed by atoms with Gasteiger partial charge in [0.25, 0.3) is 0 Å². The molecule has 1 aliphatic heterocycles. The number of Topliss-reactive ketones (excluding diaryl/α,β-unsaturated/α-hetero) is 1. The molecular formula is C18H19NO. The van der Waals surface area contributed by atoms with Crippen molar-refractivity contribution in [2.24, 2.45) is 0 Å². The van der Waals surface area contributed by atoms with Crippen LogP contribution < -0.4 is 5.32 Å². The smallest absolute Gasteiger partial charge is 0.184 e. The zero-order chi connectivity index (χ0) is 14.1. The number of carbonyl (C=O) groups excluding carboxylic acids is 1. The standard InChI is InChI=1S/C18H19NO/c1-12-7-8-15(11-13(12)2)18(20)17-16-6-4-3-5-14(16)9-10-19-17/h3-8,11,17,19H,9-10H2,1-2H3. The normalized spacial score (nSPS) is 17.6. The van der Waals surface area contributed by atoms with E-state index in [1.807, 2.05) is 37.3 Å². The molecule has 0 saturated carbocycles. The van der Waals surface area contributed by atoms with Gasteiger partial charge in [-0.2, -0.15) is 0 Å². The predicted octanol–water partition coefficient (Wildman–Crippen LogP) is 3.37. The Morgan fingerprint density at radius 2 is 1.90 bits per heavy atom. The first-order chi connectivity index (χ1) is 9.66. The van der Waals surface area contributed by atoms with E-state index in [4.69, 9.17) is 0 Å². The predicted molar refractivity (Wildman–Crippen MR) is 81.1 cm³/mol. The quantitative estimate of drug-likeness (QED) is 0.843. The molecule has 0 amide bonds. The highest BCUT2D eigenvalue weighted by molar-refractivity contribution is 6.01. The van der Waals surface area contributed by atoms with Gasteiger partial charge < -0.3 is 5.32 Å². The number of nitrogens with one attached hydrogen (secondary N) is 1. The van der Waals surface area contributed by atoms with Gasteiger partial charge in [-0.3, -0.25) is 4.79 Å². The fourth-order valence-corrected chi connectivity index (χ4v) is 2.80. The minimum atomic E-state index is -0.206. The third kappa shape index (κ3) is 2.27. The summed E-state index contributed by atoms with van der Waals surface area (Å²) in [7, 11) is 0.